The van der Waals surface area contributed by atoms with Crippen molar-refractivity contribution >= 4 is 28.8 Å². The van der Waals surface area contributed by atoms with E-state index < -0.39 is 0 Å². The highest BCUT2D eigenvalue weighted by Crippen LogP contribution is 2.20. The summed E-state index contributed by atoms with van der Waals surface area (Å²) in [6, 6.07) is 18.6. The Labute approximate surface area is 170 Å². The lowest BCUT2D eigenvalue weighted by molar-refractivity contribution is 0.102. The van der Waals surface area contributed by atoms with E-state index in [4.69, 9.17) is 4.74 Å². The molecular weight excluding hydrogens is 366 g/mol. The standard InChI is InChI=1S/C22H25N5O2/c1-4-27(5-2)18-11-9-16(10-12-18)23-21-14-13-20(25-26-21)22(28)24-17-7-6-8-19(15-17)29-3/h6-15H,4-5H2,1-3H3,(H,23,26)(H,24,28). The number of ether oxygens (including phenoxy) is 1. The van der Waals surface area contributed by atoms with Gasteiger partial charge in [-0.3, -0.25) is 4.79 Å². The molecule has 0 spiro atoms. The molecule has 7 nitrogen and oxygen atoms in total. The van der Waals surface area contributed by atoms with Crippen LogP contribution in [0.5, 0.6) is 5.75 Å². The molecule has 0 aliphatic rings. The van der Waals surface area contributed by atoms with Gasteiger partial charge in [-0.25, -0.2) is 0 Å². The van der Waals surface area contributed by atoms with Crippen molar-refractivity contribution in [1.82, 2.24) is 10.2 Å². The highest BCUT2D eigenvalue weighted by Gasteiger charge is 2.10. The lowest BCUT2D eigenvalue weighted by Crippen LogP contribution is -2.21. The van der Waals surface area contributed by atoms with Crippen molar-refractivity contribution < 1.29 is 9.53 Å². The van der Waals surface area contributed by atoms with Gasteiger partial charge in [0.1, 0.15) is 5.75 Å². The number of hydrogen-bond donors (Lipinski definition) is 2. The van der Waals surface area contributed by atoms with E-state index in [1.807, 2.05) is 18.2 Å². The number of carbonyl (C=O) groups excluding carboxylic acids is 1. The first-order chi connectivity index (χ1) is 14.1. The van der Waals surface area contributed by atoms with Crippen molar-refractivity contribution in [2.75, 3.05) is 35.7 Å². The van der Waals surface area contributed by atoms with E-state index in [0.717, 1.165) is 18.8 Å². The first-order valence-electron chi connectivity index (χ1n) is 9.54. The molecule has 0 unspecified atom stereocenters. The van der Waals surface area contributed by atoms with Gasteiger partial charge in [0.25, 0.3) is 5.91 Å². The lowest BCUT2D eigenvalue weighted by Gasteiger charge is -2.21. The summed E-state index contributed by atoms with van der Waals surface area (Å²) in [5.74, 6) is 0.903. The molecular formula is C22H25N5O2. The molecule has 3 aromatic rings. The van der Waals surface area contributed by atoms with Crippen LogP contribution in [0.2, 0.25) is 0 Å². The molecule has 3 rings (SSSR count). The Balaban J connectivity index is 1.63. The average molecular weight is 391 g/mol. The summed E-state index contributed by atoms with van der Waals surface area (Å²) < 4.78 is 5.16. The minimum absolute atomic E-state index is 0.232. The Morgan fingerprint density at radius 1 is 0.966 bits per heavy atom. The maximum absolute atomic E-state index is 12.4. The highest BCUT2D eigenvalue weighted by molar-refractivity contribution is 6.02. The molecule has 1 aromatic heterocycles. The molecule has 0 aliphatic carbocycles. The van der Waals surface area contributed by atoms with Gasteiger partial charge in [0, 0.05) is 36.2 Å². The number of anilines is 4. The van der Waals surface area contributed by atoms with Gasteiger partial charge in [-0.15, -0.1) is 10.2 Å². The summed E-state index contributed by atoms with van der Waals surface area (Å²) in [4.78, 5) is 14.6. The third-order valence-electron chi connectivity index (χ3n) is 4.49. The molecule has 0 radical (unpaired) electrons. The van der Waals surface area contributed by atoms with Gasteiger partial charge in [-0.1, -0.05) is 6.07 Å². The predicted molar refractivity (Wildman–Crippen MR) is 116 cm³/mol. The summed E-state index contributed by atoms with van der Waals surface area (Å²) in [6.07, 6.45) is 0. The van der Waals surface area contributed by atoms with E-state index in [0.29, 0.717) is 17.3 Å². The molecule has 0 atom stereocenters. The number of aromatic nitrogens is 2. The normalized spacial score (nSPS) is 10.3. The molecule has 2 aromatic carbocycles. The van der Waals surface area contributed by atoms with Gasteiger partial charge >= 0.3 is 0 Å². The summed E-state index contributed by atoms with van der Waals surface area (Å²) in [5, 5.41) is 14.1. The zero-order valence-corrected chi connectivity index (χ0v) is 16.8. The Morgan fingerprint density at radius 2 is 1.72 bits per heavy atom. The third-order valence-corrected chi connectivity index (χ3v) is 4.49. The molecule has 1 heterocycles. The summed E-state index contributed by atoms with van der Waals surface area (Å²) >= 11 is 0. The van der Waals surface area contributed by atoms with Crippen LogP contribution in [0.4, 0.5) is 22.9 Å². The van der Waals surface area contributed by atoms with Crippen LogP contribution in [0.1, 0.15) is 24.3 Å². The Hall–Kier alpha value is -3.61. The third kappa shape index (κ3) is 5.22. The minimum atomic E-state index is -0.333. The van der Waals surface area contributed by atoms with Gasteiger partial charge < -0.3 is 20.3 Å². The van der Waals surface area contributed by atoms with Crippen LogP contribution in [0.3, 0.4) is 0 Å². The summed E-state index contributed by atoms with van der Waals surface area (Å²) in [6.45, 7) is 6.20. The van der Waals surface area contributed by atoms with Crippen molar-refractivity contribution in [3.63, 3.8) is 0 Å². The molecule has 150 valence electrons. The zero-order chi connectivity index (χ0) is 20.6. The Kier molecular flexibility index (Phi) is 6.63. The van der Waals surface area contributed by atoms with Crippen LogP contribution in [0, 0.1) is 0 Å². The fourth-order valence-corrected chi connectivity index (χ4v) is 2.91. The van der Waals surface area contributed by atoms with Crippen molar-refractivity contribution in [2.24, 2.45) is 0 Å². The van der Waals surface area contributed by atoms with Crippen LogP contribution < -0.4 is 20.3 Å². The van der Waals surface area contributed by atoms with Crippen LogP contribution in [0.15, 0.2) is 60.7 Å². The van der Waals surface area contributed by atoms with Gasteiger partial charge in [0.15, 0.2) is 11.5 Å². The van der Waals surface area contributed by atoms with Gasteiger partial charge in [0.05, 0.1) is 7.11 Å². The average Bonchev–Trinajstić information content (AvgIpc) is 2.76. The molecule has 0 fully saturated rings. The molecule has 0 aliphatic heterocycles. The van der Waals surface area contributed by atoms with Crippen molar-refractivity contribution in [3.8, 4) is 5.75 Å². The van der Waals surface area contributed by atoms with Crippen LogP contribution in [-0.2, 0) is 0 Å². The number of nitrogens with zero attached hydrogens (tertiary/aromatic N) is 3. The molecule has 0 bridgehead atoms. The topological polar surface area (TPSA) is 79.4 Å². The SMILES string of the molecule is CCN(CC)c1ccc(Nc2ccc(C(=O)Nc3cccc(OC)c3)nn2)cc1. The van der Waals surface area contributed by atoms with E-state index in [9.17, 15) is 4.79 Å². The number of carbonyl (C=O) groups is 1. The summed E-state index contributed by atoms with van der Waals surface area (Å²) in [5.41, 5.74) is 2.95. The van der Waals surface area contributed by atoms with E-state index in [1.165, 1.54) is 5.69 Å². The molecule has 7 heteroatoms. The second-order valence-electron chi connectivity index (χ2n) is 6.33. The van der Waals surface area contributed by atoms with Crippen LogP contribution in [0.25, 0.3) is 0 Å². The maximum atomic E-state index is 12.4. The van der Waals surface area contributed by atoms with Gasteiger partial charge in [-0.05, 0) is 62.4 Å². The monoisotopic (exact) mass is 391 g/mol. The number of hydrogen-bond acceptors (Lipinski definition) is 6. The maximum Gasteiger partial charge on any atom is 0.276 e. The minimum Gasteiger partial charge on any atom is -0.497 e. The van der Waals surface area contributed by atoms with E-state index in [1.54, 1.807) is 37.4 Å². The fourth-order valence-electron chi connectivity index (χ4n) is 2.91. The number of nitrogens with one attached hydrogen (secondary N) is 2. The molecule has 1 amide bonds. The van der Waals surface area contributed by atoms with Crippen LogP contribution >= 0.6 is 0 Å². The van der Waals surface area contributed by atoms with Crippen molar-refractivity contribution in [3.05, 3.63) is 66.4 Å². The summed E-state index contributed by atoms with van der Waals surface area (Å²) in [7, 11) is 1.58. The second kappa shape index (κ2) is 9.54. The molecule has 0 saturated heterocycles. The number of amides is 1. The Bertz CT molecular complexity index is 938. The number of rotatable bonds is 8. The number of methoxy groups -OCH3 is 1. The lowest BCUT2D eigenvalue weighted by atomic mass is 10.2. The zero-order valence-electron chi connectivity index (χ0n) is 16.8. The van der Waals surface area contributed by atoms with Gasteiger partial charge in [0.2, 0.25) is 0 Å². The van der Waals surface area contributed by atoms with E-state index in [-0.39, 0.29) is 11.6 Å². The second-order valence-corrected chi connectivity index (χ2v) is 6.33. The first kappa shape index (κ1) is 20.1. The first-order valence-corrected chi connectivity index (χ1v) is 9.54. The van der Waals surface area contributed by atoms with Gasteiger partial charge in [-0.2, -0.15) is 0 Å². The fraction of sp³-hybridized carbons (Fsp3) is 0.227. The van der Waals surface area contributed by atoms with Crippen molar-refractivity contribution in [2.45, 2.75) is 13.8 Å². The number of benzene rings is 2. The van der Waals surface area contributed by atoms with Crippen molar-refractivity contribution in [1.29, 1.82) is 0 Å². The largest absolute Gasteiger partial charge is 0.497 e. The molecule has 29 heavy (non-hydrogen) atoms. The highest BCUT2D eigenvalue weighted by atomic mass is 16.5. The van der Waals surface area contributed by atoms with Crippen LogP contribution in [-0.4, -0.2) is 36.3 Å². The Morgan fingerprint density at radius 3 is 2.34 bits per heavy atom. The molecule has 2 N–H and O–H groups in total. The van der Waals surface area contributed by atoms with E-state index in [2.05, 4.69) is 51.7 Å². The molecule has 0 saturated carbocycles. The predicted octanol–water partition coefficient (Wildman–Crippen LogP) is 4.33. The smallest absolute Gasteiger partial charge is 0.276 e. The quantitative estimate of drug-likeness (QED) is 0.595. The van der Waals surface area contributed by atoms with E-state index >= 15 is 0 Å².